The summed E-state index contributed by atoms with van der Waals surface area (Å²) in [5, 5.41) is 3.29. The Balaban J connectivity index is 1.90. The van der Waals surface area contributed by atoms with Crippen molar-refractivity contribution in [1.82, 2.24) is 15.1 Å². The van der Waals surface area contributed by atoms with Crippen molar-refractivity contribution >= 4 is 5.91 Å². The van der Waals surface area contributed by atoms with Crippen LogP contribution in [0.25, 0.3) is 0 Å². The zero-order valence-corrected chi connectivity index (χ0v) is 11.3. The molecule has 2 aliphatic heterocycles. The first-order chi connectivity index (χ1) is 8.09. The molecule has 1 N–H and O–H groups in total. The maximum absolute atomic E-state index is 12.3. The van der Waals surface area contributed by atoms with Gasteiger partial charge in [0.05, 0.1) is 6.04 Å². The van der Waals surface area contributed by atoms with Crippen molar-refractivity contribution in [3.8, 4) is 0 Å². The summed E-state index contributed by atoms with van der Waals surface area (Å²) in [6.07, 6.45) is 4.35. The van der Waals surface area contributed by atoms with Crippen molar-refractivity contribution in [2.75, 3.05) is 27.2 Å². The summed E-state index contributed by atoms with van der Waals surface area (Å²) < 4.78 is 0. The van der Waals surface area contributed by atoms with Crippen molar-refractivity contribution in [2.24, 2.45) is 0 Å². The lowest BCUT2D eigenvalue weighted by molar-refractivity contribution is -0.135. The number of likely N-dealkylation sites (tertiary alicyclic amines) is 1. The number of hydrogen-bond acceptors (Lipinski definition) is 3. The first-order valence-corrected chi connectivity index (χ1v) is 6.80. The number of nitrogens with one attached hydrogen (secondary N) is 1. The average Bonchev–Trinajstić information content (AvgIpc) is 2.84. The van der Waals surface area contributed by atoms with E-state index in [1.807, 2.05) is 11.9 Å². The topological polar surface area (TPSA) is 35.6 Å². The predicted octanol–water partition coefficient (Wildman–Crippen LogP) is 0.680. The highest BCUT2D eigenvalue weighted by atomic mass is 16.2. The van der Waals surface area contributed by atoms with Crippen LogP contribution < -0.4 is 5.32 Å². The second-order valence-corrected chi connectivity index (χ2v) is 5.61. The minimum atomic E-state index is 0.0787. The molecule has 1 amide bonds. The number of amides is 1. The highest BCUT2D eigenvalue weighted by Gasteiger charge is 2.32. The van der Waals surface area contributed by atoms with Gasteiger partial charge in [-0.05, 0) is 46.2 Å². The Morgan fingerprint density at radius 2 is 2.18 bits per heavy atom. The van der Waals surface area contributed by atoms with Gasteiger partial charge in [0.15, 0.2) is 0 Å². The molecular formula is C13H25N3O. The molecule has 2 unspecified atom stereocenters. The molecule has 4 heteroatoms. The van der Waals surface area contributed by atoms with Crippen LogP contribution in [-0.4, -0.2) is 61.0 Å². The van der Waals surface area contributed by atoms with Crippen LogP contribution in [0, 0.1) is 0 Å². The van der Waals surface area contributed by atoms with Gasteiger partial charge in [-0.15, -0.1) is 0 Å². The zero-order valence-electron chi connectivity index (χ0n) is 11.3. The van der Waals surface area contributed by atoms with Crippen molar-refractivity contribution < 1.29 is 4.79 Å². The van der Waals surface area contributed by atoms with Gasteiger partial charge in [-0.3, -0.25) is 4.79 Å². The minimum Gasteiger partial charge on any atom is -0.341 e. The molecule has 0 aromatic heterocycles. The Hall–Kier alpha value is -0.610. The standard InChI is InChI=1S/C13H25N3O/c1-10-9-11(6-8-15(10)2)16(3)13(17)12-5-4-7-14-12/h10-12,14H,4-9H2,1-3H3/t10?,11?,12-/m0/s1. The number of carbonyl (C=O) groups is 1. The molecule has 0 aromatic carbocycles. The average molecular weight is 239 g/mol. The molecule has 3 atom stereocenters. The maximum Gasteiger partial charge on any atom is 0.239 e. The molecule has 17 heavy (non-hydrogen) atoms. The van der Waals surface area contributed by atoms with E-state index in [1.165, 1.54) is 0 Å². The number of piperidine rings is 1. The molecule has 2 rings (SSSR count). The second-order valence-electron chi connectivity index (χ2n) is 5.61. The van der Waals surface area contributed by atoms with Crippen LogP contribution in [0.3, 0.4) is 0 Å². The van der Waals surface area contributed by atoms with Crippen LogP contribution in [0.2, 0.25) is 0 Å². The first-order valence-electron chi connectivity index (χ1n) is 6.80. The summed E-state index contributed by atoms with van der Waals surface area (Å²) in [4.78, 5) is 16.7. The third kappa shape index (κ3) is 2.80. The Bertz CT molecular complexity index is 276. The lowest BCUT2D eigenvalue weighted by Gasteiger charge is -2.40. The van der Waals surface area contributed by atoms with Crippen LogP contribution >= 0.6 is 0 Å². The quantitative estimate of drug-likeness (QED) is 0.770. The van der Waals surface area contributed by atoms with Crippen LogP contribution in [0.1, 0.15) is 32.6 Å². The van der Waals surface area contributed by atoms with E-state index < -0.39 is 0 Å². The van der Waals surface area contributed by atoms with Gasteiger partial charge in [-0.25, -0.2) is 0 Å². The highest BCUT2D eigenvalue weighted by molar-refractivity contribution is 5.82. The molecule has 2 saturated heterocycles. The Morgan fingerprint density at radius 1 is 1.41 bits per heavy atom. The van der Waals surface area contributed by atoms with Crippen molar-refractivity contribution in [2.45, 2.75) is 50.7 Å². The van der Waals surface area contributed by atoms with Crippen molar-refractivity contribution in [3.05, 3.63) is 0 Å². The van der Waals surface area contributed by atoms with E-state index in [4.69, 9.17) is 0 Å². The lowest BCUT2D eigenvalue weighted by atomic mass is 9.97. The molecule has 0 bridgehead atoms. The fourth-order valence-electron chi connectivity index (χ4n) is 2.94. The molecule has 4 nitrogen and oxygen atoms in total. The van der Waals surface area contributed by atoms with Gasteiger partial charge in [0.25, 0.3) is 0 Å². The van der Waals surface area contributed by atoms with E-state index in [9.17, 15) is 4.79 Å². The highest BCUT2D eigenvalue weighted by Crippen LogP contribution is 2.21. The van der Waals surface area contributed by atoms with Gasteiger partial charge < -0.3 is 15.1 Å². The first kappa shape index (κ1) is 12.8. The monoisotopic (exact) mass is 239 g/mol. The number of carbonyl (C=O) groups excluding carboxylic acids is 1. The third-order valence-corrected chi connectivity index (χ3v) is 4.43. The SMILES string of the molecule is CC1CC(N(C)C(=O)[C@@H]2CCCN2)CCN1C. The summed E-state index contributed by atoms with van der Waals surface area (Å²) in [6, 6.07) is 1.09. The van der Waals surface area contributed by atoms with Crippen molar-refractivity contribution in [1.29, 1.82) is 0 Å². The molecule has 2 aliphatic rings. The fraction of sp³-hybridized carbons (Fsp3) is 0.923. The van der Waals surface area contributed by atoms with Crippen LogP contribution in [0.15, 0.2) is 0 Å². The zero-order chi connectivity index (χ0) is 12.4. The van der Waals surface area contributed by atoms with Crippen molar-refractivity contribution in [3.63, 3.8) is 0 Å². The van der Waals surface area contributed by atoms with Gasteiger partial charge in [0, 0.05) is 25.7 Å². The summed E-state index contributed by atoms with van der Waals surface area (Å²) in [7, 11) is 4.15. The van der Waals surface area contributed by atoms with E-state index in [-0.39, 0.29) is 6.04 Å². The third-order valence-electron chi connectivity index (χ3n) is 4.43. The fourth-order valence-corrected chi connectivity index (χ4v) is 2.94. The smallest absolute Gasteiger partial charge is 0.239 e. The van der Waals surface area contributed by atoms with Crippen LogP contribution in [0.5, 0.6) is 0 Å². The number of nitrogens with zero attached hydrogens (tertiary/aromatic N) is 2. The van der Waals surface area contributed by atoms with Gasteiger partial charge in [-0.2, -0.15) is 0 Å². The van der Waals surface area contributed by atoms with Gasteiger partial charge in [-0.1, -0.05) is 0 Å². The predicted molar refractivity (Wildman–Crippen MR) is 68.9 cm³/mol. The molecule has 0 saturated carbocycles. The summed E-state index contributed by atoms with van der Waals surface area (Å²) >= 11 is 0. The summed E-state index contributed by atoms with van der Waals surface area (Å²) in [5.41, 5.74) is 0. The van der Waals surface area contributed by atoms with Gasteiger partial charge in [0.2, 0.25) is 5.91 Å². The molecule has 98 valence electrons. The number of hydrogen-bond donors (Lipinski definition) is 1. The van der Waals surface area contributed by atoms with E-state index in [0.717, 1.165) is 38.8 Å². The molecule has 0 radical (unpaired) electrons. The van der Waals surface area contributed by atoms with Crippen LogP contribution in [0.4, 0.5) is 0 Å². The Morgan fingerprint density at radius 3 is 2.76 bits per heavy atom. The summed E-state index contributed by atoms with van der Waals surface area (Å²) in [5.74, 6) is 0.296. The Kier molecular flexibility index (Phi) is 4.05. The summed E-state index contributed by atoms with van der Waals surface area (Å²) in [6.45, 7) is 4.34. The molecule has 0 spiro atoms. The number of likely N-dealkylation sites (N-methyl/N-ethyl adjacent to an activating group) is 1. The van der Waals surface area contributed by atoms with E-state index in [1.54, 1.807) is 0 Å². The molecule has 0 aromatic rings. The largest absolute Gasteiger partial charge is 0.341 e. The Labute approximate surface area is 104 Å². The minimum absolute atomic E-state index is 0.0787. The maximum atomic E-state index is 12.3. The molecule has 0 aliphatic carbocycles. The lowest BCUT2D eigenvalue weighted by Crippen LogP contribution is -2.51. The van der Waals surface area contributed by atoms with Gasteiger partial charge >= 0.3 is 0 Å². The molecule has 2 heterocycles. The number of rotatable bonds is 2. The second kappa shape index (κ2) is 5.36. The van der Waals surface area contributed by atoms with Gasteiger partial charge in [0.1, 0.15) is 0 Å². The normalized spacial score (nSPS) is 34.9. The van der Waals surface area contributed by atoms with E-state index in [0.29, 0.717) is 18.0 Å². The van der Waals surface area contributed by atoms with E-state index in [2.05, 4.69) is 24.2 Å². The van der Waals surface area contributed by atoms with Crippen LogP contribution in [-0.2, 0) is 4.79 Å². The van der Waals surface area contributed by atoms with E-state index >= 15 is 0 Å². The molecule has 2 fully saturated rings. The molecular weight excluding hydrogens is 214 g/mol.